The Morgan fingerprint density at radius 3 is 2.19 bits per heavy atom. The zero-order chi connectivity index (χ0) is 16.3. The molecule has 0 unspecified atom stereocenters. The average Bonchev–Trinajstić information content (AvgIpc) is 2.35. The van der Waals surface area contributed by atoms with Crippen LogP contribution in [0.1, 0.15) is 16.1 Å². The molecule has 0 aliphatic rings. The van der Waals surface area contributed by atoms with E-state index in [9.17, 15) is 31.1 Å². The number of pyridine rings is 1. The Bertz CT molecular complexity index is 485. The molecule has 118 valence electrons. The van der Waals surface area contributed by atoms with Gasteiger partial charge in [0.05, 0.1) is 5.56 Å². The van der Waals surface area contributed by atoms with E-state index < -0.39 is 42.6 Å². The van der Waals surface area contributed by atoms with Gasteiger partial charge in [0.2, 0.25) is 0 Å². The van der Waals surface area contributed by atoms with Gasteiger partial charge in [-0.25, -0.2) is 0 Å². The summed E-state index contributed by atoms with van der Waals surface area (Å²) in [5.41, 5.74) is -1.61. The van der Waals surface area contributed by atoms with Crippen LogP contribution in [0.3, 0.4) is 0 Å². The third-order valence-corrected chi connectivity index (χ3v) is 2.49. The highest BCUT2D eigenvalue weighted by atomic mass is 35.5. The van der Waals surface area contributed by atoms with Crippen LogP contribution in [0.15, 0.2) is 18.3 Å². The number of nitrogens with zero attached hydrogens (tertiary/aromatic N) is 2. The van der Waals surface area contributed by atoms with Gasteiger partial charge in [0.25, 0.3) is 5.91 Å². The molecule has 1 amide bonds. The van der Waals surface area contributed by atoms with Gasteiger partial charge in [-0.2, -0.15) is 26.3 Å². The van der Waals surface area contributed by atoms with Gasteiger partial charge in [0.1, 0.15) is 12.2 Å². The zero-order valence-corrected chi connectivity index (χ0v) is 11.1. The Balaban J connectivity index is 2.94. The Kier molecular flexibility index (Phi) is 5.43. The van der Waals surface area contributed by atoms with Gasteiger partial charge in [0, 0.05) is 18.6 Å². The summed E-state index contributed by atoms with van der Waals surface area (Å²) in [6.07, 6.45) is -8.90. The summed E-state index contributed by atoms with van der Waals surface area (Å²) in [7, 11) is 0. The van der Waals surface area contributed by atoms with E-state index in [0.29, 0.717) is 17.2 Å². The van der Waals surface area contributed by atoms with Gasteiger partial charge in [-0.1, -0.05) is 0 Å². The first-order valence-electron chi connectivity index (χ1n) is 5.50. The van der Waals surface area contributed by atoms with Crippen molar-refractivity contribution in [2.45, 2.75) is 12.4 Å². The molecule has 21 heavy (non-hydrogen) atoms. The summed E-state index contributed by atoms with van der Waals surface area (Å²) in [6.45, 7) is -1.95. The molecule has 0 N–H and O–H groups in total. The lowest BCUT2D eigenvalue weighted by Gasteiger charge is -2.22. The summed E-state index contributed by atoms with van der Waals surface area (Å²) >= 11 is 5.31. The fraction of sp³-hybridized carbons (Fsp3) is 0.455. The monoisotopic (exact) mass is 334 g/mol. The van der Waals surface area contributed by atoms with Crippen LogP contribution in [0.4, 0.5) is 26.3 Å². The molecule has 0 radical (unpaired) electrons. The van der Waals surface area contributed by atoms with Crippen LogP contribution in [0.2, 0.25) is 0 Å². The maximum absolute atomic E-state index is 12.3. The van der Waals surface area contributed by atoms with Gasteiger partial charge >= 0.3 is 12.4 Å². The number of hydrogen-bond donors (Lipinski definition) is 0. The first-order chi connectivity index (χ1) is 9.54. The zero-order valence-electron chi connectivity index (χ0n) is 10.3. The van der Waals surface area contributed by atoms with E-state index in [-0.39, 0.29) is 5.88 Å². The smallest absolute Gasteiger partial charge is 0.327 e. The van der Waals surface area contributed by atoms with E-state index in [1.54, 1.807) is 0 Å². The first-order valence-corrected chi connectivity index (χ1v) is 6.03. The lowest BCUT2D eigenvalue weighted by atomic mass is 10.2. The molecule has 0 aliphatic carbocycles. The molecule has 0 fully saturated rings. The molecule has 0 bridgehead atoms. The lowest BCUT2D eigenvalue weighted by molar-refractivity contribution is -0.140. The number of amides is 1. The van der Waals surface area contributed by atoms with E-state index in [4.69, 9.17) is 11.6 Å². The van der Waals surface area contributed by atoms with Gasteiger partial charge < -0.3 is 4.90 Å². The molecular formula is C11H9ClF6N2O. The van der Waals surface area contributed by atoms with E-state index >= 15 is 0 Å². The molecular weight excluding hydrogens is 326 g/mol. The van der Waals surface area contributed by atoms with Crippen LogP contribution in [0.5, 0.6) is 0 Å². The summed E-state index contributed by atoms with van der Waals surface area (Å²) in [4.78, 5) is 15.4. The van der Waals surface area contributed by atoms with Gasteiger partial charge in [0.15, 0.2) is 0 Å². The molecule has 0 saturated carbocycles. The number of alkyl halides is 7. The van der Waals surface area contributed by atoms with Crippen molar-refractivity contribution in [1.82, 2.24) is 9.88 Å². The SMILES string of the molecule is O=C(c1ccc(C(F)(F)F)cn1)N(CCCl)CC(F)(F)F. The molecule has 10 heteroatoms. The number of rotatable bonds is 4. The van der Waals surface area contributed by atoms with E-state index in [1.807, 2.05) is 0 Å². The van der Waals surface area contributed by atoms with Crippen molar-refractivity contribution in [2.75, 3.05) is 19.0 Å². The second-order valence-electron chi connectivity index (χ2n) is 3.96. The molecule has 0 atom stereocenters. The number of hydrogen-bond acceptors (Lipinski definition) is 2. The molecule has 3 nitrogen and oxygen atoms in total. The van der Waals surface area contributed by atoms with Crippen molar-refractivity contribution in [2.24, 2.45) is 0 Å². The van der Waals surface area contributed by atoms with Gasteiger partial charge in [-0.3, -0.25) is 9.78 Å². The predicted molar refractivity (Wildman–Crippen MR) is 61.9 cm³/mol. The Hall–Kier alpha value is -1.51. The van der Waals surface area contributed by atoms with Crippen molar-refractivity contribution in [3.8, 4) is 0 Å². The number of halogens is 7. The summed E-state index contributed by atoms with van der Waals surface area (Å²) < 4.78 is 73.9. The molecule has 1 rings (SSSR count). The van der Waals surface area contributed by atoms with Gasteiger partial charge in [-0.15, -0.1) is 11.6 Å². The van der Waals surface area contributed by atoms with Crippen LogP contribution >= 0.6 is 11.6 Å². The highest BCUT2D eigenvalue weighted by Crippen LogP contribution is 2.28. The minimum absolute atomic E-state index is 0.248. The molecule has 1 heterocycles. The second-order valence-corrected chi connectivity index (χ2v) is 4.34. The lowest BCUT2D eigenvalue weighted by Crippen LogP contribution is -2.40. The number of carbonyl (C=O) groups is 1. The summed E-state index contributed by atoms with van der Waals surface area (Å²) in [5.74, 6) is -1.38. The molecule has 1 aromatic heterocycles. The van der Waals surface area contributed by atoms with Crippen LogP contribution < -0.4 is 0 Å². The fourth-order valence-electron chi connectivity index (χ4n) is 1.42. The number of carbonyl (C=O) groups excluding carboxylic acids is 1. The third kappa shape index (κ3) is 5.41. The quantitative estimate of drug-likeness (QED) is 0.625. The maximum Gasteiger partial charge on any atom is 0.417 e. The number of aromatic nitrogens is 1. The van der Waals surface area contributed by atoms with Crippen LogP contribution in [0.25, 0.3) is 0 Å². The van der Waals surface area contributed by atoms with Crippen LogP contribution in [-0.4, -0.2) is 40.9 Å². The molecule has 0 saturated heterocycles. The minimum atomic E-state index is -4.65. The van der Waals surface area contributed by atoms with E-state index in [0.717, 1.165) is 6.07 Å². The summed E-state index contributed by atoms with van der Waals surface area (Å²) in [5, 5.41) is 0. The third-order valence-electron chi connectivity index (χ3n) is 2.32. The van der Waals surface area contributed by atoms with Crippen LogP contribution in [0, 0.1) is 0 Å². The maximum atomic E-state index is 12.3. The standard InChI is InChI=1S/C11H9ClF6N2O/c12-3-4-20(6-10(13,14)15)9(21)8-2-1-7(5-19-8)11(16,17)18/h1-2,5H,3-4,6H2. The largest absolute Gasteiger partial charge is 0.417 e. The minimum Gasteiger partial charge on any atom is -0.327 e. The Morgan fingerprint density at radius 1 is 1.19 bits per heavy atom. The van der Waals surface area contributed by atoms with Crippen molar-refractivity contribution in [3.63, 3.8) is 0 Å². The Labute approximate surface area is 120 Å². The van der Waals surface area contributed by atoms with Crippen molar-refractivity contribution >= 4 is 17.5 Å². The van der Waals surface area contributed by atoms with Crippen molar-refractivity contribution in [3.05, 3.63) is 29.6 Å². The Morgan fingerprint density at radius 2 is 1.81 bits per heavy atom. The highest BCUT2D eigenvalue weighted by Gasteiger charge is 2.34. The second kappa shape index (κ2) is 6.50. The molecule has 1 aromatic rings. The molecule has 0 spiro atoms. The van der Waals surface area contributed by atoms with Crippen molar-refractivity contribution < 1.29 is 31.1 Å². The topological polar surface area (TPSA) is 33.2 Å². The molecule has 0 aromatic carbocycles. The molecule has 0 aliphatic heterocycles. The van der Waals surface area contributed by atoms with Crippen LogP contribution in [-0.2, 0) is 6.18 Å². The fourth-order valence-corrected chi connectivity index (χ4v) is 1.62. The normalized spacial score (nSPS) is 12.3. The first kappa shape index (κ1) is 17.5. The highest BCUT2D eigenvalue weighted by molar-refractivity contribution is 6.18. The summed E-state index contributed by atoms with van der Waals surface area (Å²) in [6, 6.07) is 1.30. The van der Waals surface area contributed by atoms with Crippen molar-refractivity contribution in [1.29, 1.82) is 0 Å². The van der Waals surface area contributed by atoms with Gasteiger partial charge in [-0.05, 0) is 12.1 Å². The van der Waals surface area contributed by atoms with E-state index in [2.05, 4.69) is 4.98 Å². The van der Waals surface area contributed by atoms with E-state index in [1.165, 1.54) is 0 Å². The average molecular weight is 335 g/mol. The predicted octanol–water partition coefficient (Wildman–Crippen LogP) is 3.34.